The van der Waals surface area contributed by atoms with Gasteiger partial charge in [-0.15, -0.1) is 12.4 Å². The van der Waals surface area contributed by atoms with Crippen LogP contribution in [0.2, 0.25) is 0 Å². The first-order chi connectivity index (χ1) is 4.70. The van der Waals surface area contributed by atoms with E-state index in [1.807, 2.05) is 0 Å². The van der Waals surface area contributed by atoms with Crippen LogP contribution in [0.3, 0.4) is 0 Å². The third kappa shape index (κ3) is 4.22. The molecular formula is C7H15ClN2O. The Bertz CT molecular complexity index is 134. The van der Waals surface area contributed by atoms with Gasteiger partial charge in [0.15, 0.2) is 0 Å². The molecule has 0 aromatic heterocycles. The second-order valence-electron chi connectivity index (χ2n) is 2.94. The molecule has 0 aromatic rings. The van der Waals surface area contributed by atoms with E-state index < -0.39 is 0 Å². The van der Waals surface area contributed by atoms with Gasteiger partial charge in [-0.3, -0.25) is 4.79 Å². The molecule has 0 spiro atoms. The molecule has 3 nitrogen and oxygen atoms in total. The van der Waals surface area contributed by atoms with Gasteiger partial charge in [0.1, 0.15) is 0 Å². The smallest absolute Gasteiger partial charge is 0.236 e. The number of hydrogen-bond acceptors (Lipinski definition) is 2. The summed E-state index contributed by atoms with van der Waals surface area (Å²) < 4.78 is 0. The Morgan fingerprint density at radius 1 is 1.55 bits per heavy atom. The number of carbonyl (C=O) groups excluding carboxylic acids is 1. The molecule has 4 heteroatoms. The number of rotatable bonds is 3. The number of carbonyl (C=O) groups is 1. The second-order valence-corrected chi connectivity index (χ2v) is 2.94. The van der Waals surface area contributed by atoms with Crippen molar-refractivity contribution in [3.63, 3.8) is 0 Å². The van der Waals surface area contributed by atoms with Crippen molar-refractivity contribution in [2.75, 3.05) is 20.6 Å². The van der Waals surface area contributed by atoms with Crippen LogP contribution in [0.25, 0.3) is 0 Å². The van der Waals surface area contributed by atoms with Gasteiger partial charge in [-0.1, -0.05) is 0 Å². The van der Waals surface area contributed by atoms with Crippen molar-refractivity contribution in [1.82, 2.24) is 10.2 Å². The van der Waals surface area contributed by atoms with Crippen LogP contribution in [0.1, 0.15) is 12.8 Å². The molecule has 1 rings (SSSR count). The van der Waals surface area contributed by atoms with Crippen molar-refractivity contribution in [3.8, 4) is 0 Å². The van der Waals surface area contributed by atoms with E-state index >= 15 is 0 Å². The Balaban J connectivity index is 0.000001000. The van der Waals surface area contributed by atoms with Crippen LogP contribution in [0, 0.1) is 0 Å². The third-order valence-electron chi connectivity index (χ3n) is 1.62. The predicted octanol–water partition coefficient (Wildman–Crippen LogP) is 0.248. The first kappa shape index (κ1) is 10.7. The average Bonchev–Trinajstić information content (AvgIpc) is 2.64. The Morgan fingerprint density at radius 3 is 2.45 bits per heavy atom. The van der Waals surface area contributed by atoms with Crippen molar-refractivity contribution in [2.24, 2.45) is 0 Å². The summed E-state index contributed by atoms with van der Waals surface area (Å²) in [6.07, 6.45) is 2.47. The topological polar surface area (TPSA) is 32.3 Å². The fraction of sp³-hybridized carbons (Fsp3) is 0.857. The van der Waals surface area contributed by atoms with Gasteiger partial charge in [-0.05, 0) is 12.8 Å². The molecule has 0 aliphatic heterocycles. The zero-order valence-corrected chi connectivity index (χ0v) is 7.78. The molecule has 66 valence electrons. The van der Waals surface area contributed by atoms with Crippen LogP contribution >= 0.6 is 12.4 Å². The number of halogens is 1. The van der Waals surface area contributed by atoms with Crippen LogP contribution in [0.15, 0.2) is 0 Å². The summed E-state index contributed by atoms with van der Waals surface area (Å²) >= 11 is 0. The molecule has 0 unspecified atom stereocenters. The Morgan fingerprint density at radius 2 is 2.09 bits per heavy atom. The molecule has 1 saturated carbocycles. The maximum Gasteiger partial charge on any atom is 0.236 e. The maximum atomic E-state index is 10.9. The monoisotopic (exact) mass is 178 g/mol. The fourth-order valence-electron chi connectivity index (χ4n) is 0.677. The van der Waals surface area contributed by atoms with Crippen molar-refractivity contribution in [2.45, 2.75) is 18.9 Å². The van der Waals surface area contributed by atoms with E-state index in [2.05, 4.69) is 5.32 Å². The zero-order valence-electron chi connectivity index (χ0n) is 6.96. The summed E-state index contributed by atoms with van der Waals surface area (Å²) in [5.74, 6) is 0.159. The van der Waals surface area contributed by atoms with E-state index in [0.717, 1.165) is 0 Å². The molecule has 1 aliphatic rings. The highest BCUT2D eigenvalue weighted by Gasteiger charge is 2.21. The van der Waals surface area contributed by atoms with Crippen molar-refractivity contribution in [3.05, 3.63) is 0 Å². The second kappa shape index (κ2) is 4.57. The summed E-state index contributed by atoms with van der Waals surface area (Å²) in [4.78, 5) is 12.5. The minimum Gasteiger partial charge on any atom is -0.348 e. The lowest BCUT2D eigenvalue weighted by Crippen LogP contribution is -2.33. The van der Waals surface area contributed by atoms with Crippen LogP contribution < -0.4 is 5.32 Å². The minimum absolute atomic E-state index is 0. The van der Waals surface area contributed by atoms with E-state index in [-0.39, 0.29) is 18.3 Å². The molecule has 0 atom stereocenters. The van der Waals surface area contributed by atoms with Gasteiger partial charge >= 0.3 is 0 Å². The third-order valence-corrected chi connectivity index (χ3v) is 1.62. The number of likely N-dealkylation sites (N-methyl/N-ethyl adjacent to an activating group) is 1. The first-order valence-electron chi connectivity index (χ1n) is 3.63. The van der Waals surface area contributed by atoms with E-state index in [1.165, 1.54) is 12.8 Å². The lowest BCUT2D eigenvalue weighted by atomic mass is 10.5. The van der Waals surface area contributed by atoms with Gasteiger partial charge in [0.05, 0.1) is 6.54 Å². The summed E-state index contributed by atoms with van der Waals surface area (Å²) in [7, 11) is 3.55. The van der Waals surface area contributed by atoms with Gasteiger partial charge in [-0.25, -0.2) is 0 Å². The van der Waals surface area contributed by atoms with E-state index in [0.29, 0.717) is 12.6 Å². The quantitative estimate of drug-likeness (QED) is 0.672. The summed E-state index contributed by atoms with van der Waals surface area (Å²) in [6, 6.07) is 0.629. The van der Waals surface area contributed by atoms with Crippen LogP contribution in [0.5, 0.6) is 0 Å². The average molecular weight is 179 g/mol. The maximum absolute atomic E-state index is 10.9. The van der Waals surface area contributed by atoms with Crippen molar-refractivity contribution >= 4 is 18.3 Å². The van der Waals surface area contributed by atoms with Crippen LogP contribution in [-0.4, -0.2) is 37.5 Å². The zero-order chi connectivity index (χ0) is 7.56. The van der Waals surface area contributed by atoms with E-state index in [4.69, 9.17) is 0 Å². The minimum atomic E-state index is 0. The van der Waals surface area contributed by atoms with Gasteiger partial charge < -0.3 is 10.2 Å². The molecule has 0 aromatic carbocycles. The highest BCUT2D eigenvalue weighted by atomic mass is 35.5. The summed E-state index contributed by atoms with van der Waals surface area (Å²) in [6.45, 7) is 0.498. The summed E-state index contributed by atoms with van der Waals surface area (Å²) in [5, 5.41) is 3.15. The lowest BCUT2D eigenvalue weighted by Gasteiger charge is -2.09. The molecular weight excluding hydrogens is 164 g/mol. The van der Waals surface area contributed by atoms with E-state index in [9.17, 15) is 4.79 Å². The molecule has 1 fully saturated rings. The van der Waals surface area contributed by atoms with Crippen LogP contribution in [-0.2, 0) is 4.79 Å². The largest absolute Gasteiger partial charge is 0.348 e. The Labute approximate surface area is 73.5 Å². The molecule has 0 saturated heterocycles. The fourth-order valence-corrected chi connectivity index (χ4v) is 0.677. The highest BCUT2D eigenvalue weighted by molar-refractivity contribution is 5.85. The van der Waals surface area contributed by atoms with Crippen LogP contribution in [0.4, 0.5) is 0 Å². The van der Waals surface area contributed by atoms with E-state index in [1.54, 1.807) is 19.0 Å². The van der Waals surface area contributed by atoms with Gasteiger partial charge in [-0.2, -0.15) is 0 Å². The van der Waals surface area contributed by atoms with Crippen molar-refractivity contribution < 1.29 is 4.79 Å². The number of hydrogen-bond donors (Lipinski definition) is 1. The Kier molecular flexibility index (Phi) is 4.45. The van der Waals surface area contributed by atoms with Gasteiger partial charge in [0, 0.05) is 20.1 Å². The molecule has 1 amide bonds. The first-order valence-corrected chi connectivity index (χ1v) is 3.63. The predicted molar refractivity (Wildman–Crippen MR) is 47.0 cm³/mol. The number of nitrogens with one attached hydrogen (secondary N) is 1. The van der Waals surface area contributed by atoms with Gasteiger partial charge in [0.2, 0.25) is 5.91 Å². The SMILES string of the molecule is CN(C)C(=O)CNC1CC1.Cl. The molecule has 0 bridgehead atoms. The number of amides is 1. The lowest BCUT2D eigenvalue weighted by molar-refractivity contribution is -0.127. The molecule has 11 heavy (non-hydrogen) atoms. The normalized spacial score (nSPS) is 15.5. The molecule has 0 heterocycles. The molecule has 1 N–H and O–H groups in total. The van der Waals surface area contributed by atoms with Crippen molar-refractivity contribution in [1.29, 1.82) is 0 Å². The summed E-state index contributed by atoms with van der Waals surface area (Å²) in [5.41, 5.74) is 0. The number of nitrogens with zero attached hydrogens (tertiary/aromatic N) is 1. The van der Waals surface area contributed by atoms with Gasteiger partial charge in [0.25, 0.3) is 0 Å². The standard InChI is InChI=1S/C7H14N2O.ClH/c1-9(2)7(10)5-8-6-3-4-6;/h6,8H,3-5H2,1-2H3;1H. The molecule has 0 radical (unpaired) electrons. The highest BCUT2D eigenvalue weighted by Crippen LogP contribution is 2.17. The molecule has 1 aliphatic carbocycles. The Hall–Kier alpha value is -0.280.